The summed E-state index contributed by atoms with van der Waals surface area (Å²) < 4.78 is 20.0. The zero-order valence-electron chi connectivity index (χ0n) is 11.3. The van der Waals surface area contributed by atoms with Crippen LogP contribution in [0.4, 0.5) is 4.39 Å². The summed E-state index contributed by atoms with van der Waals surface area (Å²) in [5.41, 5.74) is 1.28. The van der Waals surface area contributed by atoms with E-state index in [9.17, 15) is 9.18 Å². The third-order valence-electron chi connectivity index (χ3n) is 3.01. The fourth-order valence-electron chi connectivity index (χ4n) is 2.03. The van der Waals surface area contributed by atoms with E-state index in [0.717, 1.165) is 15.2 Å². The molecule has 0 fully saturated rings. The molecule has 0 unspecified atom stereocenters. The number of aromatic nitrogens is 1. The first-order valence-corrected chi connectivity index (χ1v) is 7.23. The molecule has 1 heterocycles. The number of thiazole rings is 1. The largest absolute Gasteiger partial charge is 0.486 e. The Balaban J connectivity index is 1.84. The van der Waals surface area contributed by atoms with Crippen LogP contribution in [0.1, 0.15) is 22.3 Å². The second-order valence-corrected chi connectivity index (χ2v) is 5.68. The van der Waals surface area contributed by atoms with Crippen molar-refractivity contribution >= 4 is 27.3 Å². The van der Waals surface area contributed by atoms with Gasteiger partial charge in [0.25, 0.3) is 0 Å². The Morgan fingerprint density at radius 3 is 2.86 bits per heavy atom. The van der Waals surface area contributed by atoms with E-state index in [1.807, 2.05) is 24.3 Å². The predicted octanol–water partition coefficient (Wildman–Crippen LogP) is 4.22. The van der Waals surface area contributed by atoms with Crippen LogP contribution in [0.5, 0.6) is 5.75 Å². The van der Waals surface area contributed by atoms with Gasteiger partial charge in [-0.15, -0.1) is 11.3 Å². The van der Waals surface area contributed by atoms with Gasteiger partial charge in [-0.2, -0.15) is 0 Å². The number of ketones is 1. The number of fused-ring (bicyclic) bond motifs is 1. The molecule has 0 radical (unpaired) electrons. The number of Topliss-reactive ketones (excluding diaryl/α,β-unsaturated/α-hetero) is 1. The maximum absolute atomic E-state index is 13.3. The number of halogens is 1. The lowest BCUT2D eigenvalue weighted by Crippen LogP contribution is -2.02. The van der Waals surface area contributed by atoms with Gasteiger partial charge in [-0.05, 0) is 31.2 Å². The number of rotatable bonds is 4. The van der Waals surface area contributed by atoms with Crippen LogP contribution in [0.2, 0.25) is 0 Å². The molecule has 0 atom stereocenters. The molecule has 0 bridgehead atoms. The Kier molecular flexibility index (Phi) is 3.66. The molecule has 0 saturated carbocycles. The second kappa shape index (κ2) is 5.61. The molecule has 0 amide bonds. The van der Waals surface area contributed by atoms with Crippen LogP contribution in [0.3, 0.4) is 0 Å². The van der Waals surface area contributed by atoms with Gasteiger partial charge in [0.15, 0.2) is 5.78 Å². The molecule has 2 aromatic carbocycles. The lowest BCUT2D eigenvalue weighted by atomic mass is 10.1. The molecule has 106 valence electrons. The Morgan fingerprint density at radius 2 is 2.10 bits per heavy atom. The molecule has 0 aliphatic heterocycles. The monoisotopic (exact) mass is 301 g/mol. The van der Waals surface area contributed by atoms with Gasteiger partial charge in [0.2, 0.25) is 0 Å². The van der Waals surface area contributed by atoms with E-state index in [1.165, 1.54) is 36.5 Å². The van der Waals surface area contributed by atoms with E-state index in [0.29, 0.717) is 5.56 Å². The highest BCUT2D eigenvalue weighted by Gasteiger charge is 2.11. The summed E-state index contributed by atoms with van der Waals surface area (Å²) in [5.74, 6) is -0.338. The quantitative estimate of drug-likeness (QED) is 0.677. The molecular formula is C16H12FNO2S. The SMILES string of the molecule is CC(=O)c1ccc(F)cc1OCc1nc2ccccc2s1. The number of hydrogen-bond acceptors (Lipinski definition) is 4. The van der Waals surface area contributed by atoms with E-state index >= 15 is 0 Å². The number of hydrogen-bond donors (Lipinski definition) is 0. The first kappa shape index (κ1) is 13.7. The van der Waals surface area contributed by atoms with E-state index in [1.54, 1.807) is 0 Å². The summed E-state index contributed by atoms with van der Waals surface area (Å²) in [6.07, 6.45) is 0. The third-order valence-corrected chi connectivity index (χ3v) is 4.02. The number of para-hydroxylation sites is 1. The molecular weight excluding hydrogens is 289 g/mol. The van der Waals surface area contributed by atoms with E-state index in [2.05, 4.69) is 4.98 Å². The van der Waals surface area contributed by atoms with Gasteiger partial charge >= 0.3 is 0 Å². The Hall–Kier alpha value is -2.27. The fraction of sp³-hybridized carbons (Fsp3) is 0.125. The van der Waals surface area contributed by atoms with Crippen molar-refractivity contribution in [3.63, 3.8) is 0 Å². The first-order valence-electron chi connectivity index (χ1n) is 6.41. The summed E-state index contributed by atoms with van der Waals surface area (Å²) in [5, 5.41) is 0.787. The summed E-state index contributed by atoms with van der Waals surface area (Å²) in [7, 11) is 0. The summed E-state index contributed by atoms with van der Waals surface area (Å²) in [6.45, 7) is 1.64. The molecule has 1 aromatic heterocycles. The molecule has 3 rings (SSSR count). The Bertz CT molecular complexity index is 780. The molecule has 21 heavy (non-hydrogen) atoms. The highest BCUT2D eigenvalue weighted by atomic mass is 32.1. The van der Waals surface area contributed by atoms with Crippen molar-refractivity contribution < 1.29 is 13.9 Å². The summed E-state index contributed by atoms with van der Waals surface area (Å²) in [4.78, 5) is 16.0. The van der Waals surface area contributed by atoms with Crippen LogP contribution in [0.25, 0.3) is 10.2 Å². The molecule has 0 N–H and O–H groups in total. The second-order valence-electron chi connectivity index (χ2n) is 4.56. The third kappa shape index (κ3) is 2.92. The number of carbonyl (C=O) groups is 1. The lowest BCUT2D eigenvalue weighted by Gasteiger charge is -2.08. The zero-order chi connectivity index (χ0) is 14.8. The van der Waals surface area contributed by atoms with Gasteiger partial charge in [-0.3, -0.25) is 4.79 Å². The van der Waals surface area contributed by atoms with Crippen LogP contribution in [0, 0.1) is 5.82 Å². The van der Waals surface area contributed by atoms with Crippen molar-refractivity contribution in [2.75, 3.05) is 0 Å². The normalized spacial score (nSPS) is 10.8. The van der Waals surface area contributed by atoms with Gasteiger partial charge in [0, 0.05) is 6.07 Å². The zero-order valence-corrected chi connectivity index (χ0v) is 12.1. The van der Waals surface area contributed by atoms with Crippen LogP contribution >= 0.6 is 11.3 Å². The van der Waals surface area contributed by atoms with Gasteiger partial charge < -0.3 is 4.74 Å². The van der Waals surface area contributed by atoms with Crippen molar-refractivity contribution in [2.45, 2.75) is 13.5 Å². The van der Waals surface area contributed by atoms with Crippen molar-refractivity contribution in [3.05, 3.63) is 58.9 Å². The highest BCUT2D eigenvalue weighted by molar-refractivity contribution is 7.18. The Morgan fingerprint density at radius 1 is 1.29 bits per heavy atom. The van der Waals surface area contributed by atoms with E-state index < -0.39 is 5.82 Å². The van der Waals surface area contributed by atoms with E-state index in [4.69, 9.17) is 4.74 Å². The number of nitrogens with zero attached hydrogens (tertiary/aromatic N) is 1. The maximum atomic E-state index is 13.3. The van der Waals surface area contributed by atoms with E-state index in [-0.39, 0.29) is 18.1 Å². The van der Waals surface area contributed by atoms with Crippen molar-refractivity contribution in [3.8, 4) is 5.75 Å². The topological polar surface area (TPSA) is 39.2 Å². The van der Waals surface area contributed by atoms with Crippen LogP contribution in [-0.4, -0.2) is 10.8 Å². The lowest BCUT2D eigenvalue weighted by molar-refractivity contribution is 0.101. The minimum atomic E-state index is -0.431. The highest BCUT2D eigenvalue weighted by Crippen LogP contribution is 2.25. The number of carbonyl (C=O) groups excluding carboxylic acids is 1. The minimum absolute atomic E-state index is 0.158. The molecule has 0 aliphatic rings. The Labute approximate surface area is 125 Å². The van der Waals surface area contributed by atoms with Crippen molar-refractivity contribution in [2.24, 2.45) is 0 Å². The maximum Gasteiger partial charge on any atom is 0.163 e. The first-order chi connectivity index (χ1) is 10.1. The van der Waals surface area contributed by atoms with Gasteiger partial charge in [-0.1, -0.05) is 12.1 Å². The van der Waals surface area contributed by atoms with Crippen LogP contribution in [0.15, 0.2) is 42.5 Å². The average molecular weight is 301 g/mol. The smallest absolute Gasteiger partial charge is 0.163 e. The minimum Gasteiger partial charge on any atom is -0.486 e. The summed E-state index contributed by atoms with van der Waals surface area (Å²) >= 11 is 1.52. The molecule has 5 heteroatoms. The standard InChI is InChI=1S/C16H12FNO2S/c1-10(19)12-7-6-11(17)8-14(12)20-9-16-18-13-4-2-3-5-15(13)21-16/h2-8H,9H2,1H3. The molecule has 0 aliphatic carbocycles. The molecule has 0 saturated heterocycles. The predicted molar refractivity (Wildman–Crippen MR) is 80.4 cm³/mol. The van der Waals surface area contributed by atoms with Crippen LogP contribution in [-0.2, 0) is 6.61 Å². The number of benzene rings is 2. The fourth-order valence-corrected chi connectivity index (χ4v) is 2.91. The summed E-state index contributed by atoms with van der Waals surface area (Å²) in [6, 6.07) is 11.7. The van der Waals surface area contributed by atoms with Crippen molar-refractivity contribution in [1.82, 2.24) is 4.98 Å². The molecule has 0 spiro atoms. The van der Waals surface area contributed by atoms with Crippen molar-refractivity contribution in [1.29, 1.82) is 0 Å². The molecule has 3 aromatic rings. The van der Waals surface area contributed by atoms with Crippen LogP contribution < -0.4 is 4.74 Å². The molecule has 3 nitrogen and oxygen atoms in total. The number of ether oxygens (including phenoxy) is 1. The van der Waals surface area contributed by atoms with Gasteiger partial charge in [0.05, 0.1) is 15.8 Å². The van der Waals surface area contributed by atoms with Gasteiger partial charge in [0.1, 0.15) is 23.2 Å². The average Bonchev–Trinajstić information content (AvgIpc) is 2.87. The van der Waals surface area contributed by atoms with Gasteiger partial charge in [-0.25, -0.2) is 9.37 Å².